The summed E-state index contributed by atoms with van der Waals surface area (Å²) in [5, 5.41) is 40.5. The van der Waals surface area contributed by atoms with Crippen LogP contribution in [0.2, 0.25) is 0 Å². The normalized spacial score (nSPS) is 12.1. The van der Waals surface area contributed by atoms with Crippen molar-refractivity contribution in [1.29, 1.82) is 21.0 Å². The Hall–Kier alpha value is -6.22. The molecule has 0 radical (unpaired) electrons. The lowest BCUT2D eigenvalue weighted by Gasteiger charge is -2.14. The van der Waals surface area contributed by atoms with Crippen LogP contribution in [0.15, 0.2) is 71.8 Å². The van der Waals surface area contributed by atoms with E-state index in [1.807, 2.05) is 12.1 Å². The molecule has 42 heavy (non-hydrogen) atoms. The van der Waals surface area contributed by atoms with E-state index in [9.17, 15) is 21.0 Å². The largest absolute Gasteiger partial charge is 0.206 e. The van der Waals surface area contributed by atoms with Crippen molar-refractivity contribution in [1.82, 2.24) is 0 Å². The smallest absolute Gasteiger partial charge is 0.168 e. The van der Waals surface area contributed by atoms with Crippen molar-refractivity contribution < 1.29 is 17.6 Å². The molecule has 0 atom stereocenters. The summed E-state index contributed by atoms with van der Waals surface area (Å²) < 4.78 is 63.6. The first-order chi connectivity index (χ1) is 20.4. The van der Waals surface area contributed by atoms with E-state index < -0.39 is 45.5 Å². The molecule has 0 aliphatic heterocycles. The first kappa shape index (κ1) is 24.8. The maximum absolute atomic E-state index is 16.3. The maximum Gasteiger partial charge on any atom is 0.168 e. The van der Waals surface area contributed by atoms with E-state index in [4.69, 9.17) is 0 Å². The number of rotatable bonds is 0. The molecule has 0 amide bonds. The van der Waals surface area contributed by atoms with Gasteiger partial charge in [-0.15, -0.1) is 0 Å². The molecule has 8 heteroatoms. The lowest BCUT2D eigenvalue weighted by molar-refractivity contribution is 0.509. The molecular formula is C34H10F4N4. The first-order valence-corrected chi connectivity index (χ1v) is 12.5. The van der Waals surface area contributed by atoms with E-state index in [0.717, 1.165) is 12.1 Å². The molecule has 0 saturated heterocycles. The third kappa shape index (κ3) is 2.91. The van der Waals surface area contributed by atoms with E-state index in [-0.39, 0.29) is 66.1 Å². The van der Waals surface area contributed by atoms with Gasteiger partial charge in [-0.25, -0.2) is 17.6 Å². The van der Waals surface area contributed by atoms with Gasteiger partial charge in [0, 0.05) is 55.3 Å². The molecule has 0 heterocycles. The summed E-state index contributed by atoms with van der Waals surface area (Å²) in [4.78, 5) is 0. The van der Waals surface area contributed by atoms with Crippen LogP contribution >= 0.6 is 0 Å². The third-order valence-corrected chi connectivity index (χ3v) is 7.86. The number of nitriles is 4. The average molecular weight is 550 g/mol. The van der Waals surface area contributed by atoms with Gasteiger partial charge in [-0.2, -0.15) is 21.0 Å². The van der Waals surface area contributed by atoms with Crippen LogP contribution in [0.5, 0.6) is 0 Å². The van der Waals surface area contributed by atoms with Crippen molar-refractivity contribution in [3.8, 4) is 46.5 Å². The highest BCUT2D eigenvalue weighted by molar-refractivity contribution is 6.21. The Morgan fingerprint density at radius 1 is 0.452 bits per heavy atom. The fraction of sp³-hybridized carbons (Fsp3) is 0. The van der Waals surface area contributed by atoms with Crippen LogP contribution in [-0.4, -0.2) is 0 Å². The zero-order chi connectivity index (χ0) is 29.4. The fourth-order valence-electron chi connectivity index (χ4n) is 6.31. The summed E-state index contributed by atoms with van der Waals surface area (Å²) in [6.07, 6.45) is 0. The molecule has 0 spiro atoms. The Morgan fingerprint density at radius 2 is 0.833 bits per heavy atom. The van der Waals surface area contributed by atoms with Crippen molar-refractivity contribution in [3.05, 3.63) is 117 Å². The SMILES string of the molecule is N#CC(C#N)=C1c2c(c(F)c(F)c3c2-c2cc(F)c4ccccc4c2C3=C(C#N)C#N)-c2cc(F)c3ccccc3c21. The van der Waals surface area contributed by atoms with Crippen LogP contribution in [0.3, 0.4) is 0 Å². The molecule has 0 unspecified atom stereocenters. The number of allylic oxidation sites excluding steroid dienone is 2. The molecule has 2 aliphatic rings. The van der Waals surface area contributed by atoms with Crippen LogP contribution in [0, 0.1) is 68.6 Å². The molecule has 4 nitrogen and oxygen atoms in total. The summed E-state index contributed by atoms with van der Waals surface area (Å²) in [6.45, 7) is 0. The van der Waals surface area contributed by atoms with Gasteiger partial charge in [-0.05, 0) is 34.0 Å². The van der Waals surface area contributed by atoms with Crippen molar-refractivity contribution in [2.24, 2.45) is 0 Å². The van der Waals surface area contributed by atoms with Crippen LogP contribution in [-0.2, 0) is 0 Å². The molecule has 0 fully saturated rings. The van der Waals surface area contributed by atoms with Gasteiger partial charge >= 0.3 is 0 Å². The molecule has 5 aromatic rings. The van der Waals surface area contributed by atoms with Gasteiger partial charge in [0.05, 0.1) is 0 Å². The standard InChI is InChI=1S/C34H10F4N4/c35-23-9-21-27(19-7-3-1-5-17(19)23)26(16(13-41)14-42)32-29(21)31-25(15(11-39)12-40)28-20-8-4-2-6-18(20)24(36)10-22(28)30(31)33(37)34(32)38/h1-10H. The summed E-state index contributed by atoms with van der Waals surface area (Å²) in [5.74, 6) is -4.29. The van der Waals surface area contributed by atoms with Crippen molar-refractivity contribution >= 4 is 32.7 Å². The van der Waals surface area contributed by atoms with Crippen LogP contribution < -0.4 is 0 Å². The number of hydrogen-bond acceptors (Lipinski definition) is 4. The van der Waals surface area contributed by atoms with Crippen LogP contribution in [0.25, 0.3) is 54.9 Å². The summed E-state index contributed by atoms with van der Waals surface area (Å²) in [6, 6.07) is 21.7. The van der Waals surface area contributed by atoms with Gasteiger partial charge in [-0.1, -0.05) is 48.5 Å². The fourth-order valence-corrected chi connectivity index (χ4v) is 6.31. The minimum atomic E-state index is -1.43. The number of halogens is 4. The summed E-state index contributed by atoms with van der Waals surface area (Å²) in [7, 11) is 0. The Balaban J connectivity index is 1.80. The van der Waals surface area contributed by atoms with E-state index in [1.54, 1.807) is 42.5 Å². The van der Waals surface area contributed by atoms with E-state index in [2.05, 4.69) is 0 Å². The highest BCUT2D eigenvalue weighted by Crippen LogP contribution is 2.60. The zero-order valence-corrected chi connectivity index (χ0v) is 21.1. The molecule has 7 rings (SSSR count). The molecular weight excluding hydrogens is 540 g/mol. The second-order valence-electron chi connectivity index (χ2n) is 9.73. The van der Waals surface area contributed by atoms with Gasteiger partial charge in [0.15, 0.2) is 11.6 Å². The van der Waals surface area contributed by atoms with Gasteiger partial charge in [-0.3, -0.25) is 0 Å². The van der Waals surface area contributed by atoms with Gasteiger partial charge in [0.2, 0.25) is 0 Å². The molecule has 0 bridgehead atoms. The Kier molecular flexibility index (Phi) is 5.10. The molecule has 0 N–H and O–H groups in total. The highest BCUT2D eigenvalue weighted by atomic mass is 19.2. The third-order valence-electron chi connectivity index (χ3n) is 7.86. The van der Waals surface area contributed by atoms with E-state index >= 15 is 17.6 Å². The lowest BCUT2D eigenvalue weighted by atomic mass is 9.88. The van der Waals surface area contributed by atoms with Crippen LogP contribution in [0.4, 0.5) is 17.6 Å². The summed E-state index contributed by atoms with van der Waals surface area (Å²) >= 11 is 0. The number of benzene rings is 5. The quantitative estimate of drug-likeness (QED) is 0.140. The number of nitrogens with zero attached hydrogens (tertiary/aromatic N) is 4. The summed E-state index contributed by atoms with van der Waals surface area (Å²) in [5.41, 5.74) is -2.16. The maximum atomic E-state index is 16.3. The first-order valence-electron chi connectivity index (χ1n) is 12.5. The monoisotopic (exact) mass is 550 g/mol. The number of fused-ring (bicyclic) bond motifs is 11. The minimum absolute atomic E-state index is 0.0414. The lowest BCUT2D eigenvalue weighted by Crippen LogP contribution is -2.01. The van der Waals surface area contributed by atoms with Gasteiger partial charge in [0.25, 0.3) is 0 Å². The Bertz CT molecular complexity index is 2360. The molecule has 194 valence electrons. The highest BCUT2D eigenvalue weighted by Gasteiger charge is 2.43. The zero-order valence-electron chi connectivity index (χ0n) is 21.1. The van der Waals surface area contributed by atoms with Crippen molar-refractivity contribution in [2.45, 2.75) is 0 Å². The van der Waals surface area contributed by atoms with Gasteiger partial charge < -0.3 is 0 Å². The topological polar surface area (TPSA) is 95.2 Å². The predicted molar refractivity (Wildman–Crippen MR) is 147 cm³/mol. The second kappa shape index (κ2) is 8.64. The van der Waals surface area contributed by atoms with E-state index in [1.165, 1.54) is 18.2 Å². The second-order valence-corrected chi connectivity index (χ2v) is 9.73. The van der Waals surface area contributed by atoms with E-state index in [0.29, 0.717) is 0 Å². The Morgan fingerprint density at radius 3 is 1.29 bits per heavy atom. The van der Waals surface area contributed by atoms with Crippen molar-refractivity contribution in [3.63, 3.8) is 0 Å². The molecule has 0 saturated carbocycles. The average Bonchev–Trinajstić information content (AvgIpc) is 3.51. The predicted octanol–water partition coefficient (Wildman–Crippen LogP) is 8.21. The van der Waals surface area contributed by atoms with Crippen molar-refractivity contribution in [2.75, 3.05) is 0 Å². The Labute approximate surface area is 235 Å². The minimum Gasteiger partial charge on any atom is -0.206 e. The molecule has 5 aromatic carbocycles. The van der Waals surface area contributed by atoms with Gasteiger partial charge in [0.1, 0.15) is 47.1 Å². The molecule has 2 aliphatic carbocycles. The molecule has 0 aromatic heterocycles. The number of hydrogen-bond donors (Lipinski definition) is 0. The van der Waals surface area contributed by atoms with Crippen LogP contribution in [0.1, 0.15) is 22.3 Å².